The molecule has 7 aromatic rings. The zero-order chi connectivity index (χ0) is 26.7. The second-order valence-corrected chi connectivity index (χ2v) is 13.0. The van der Waals surface area contributed by atoms with Crippen LogP contribution < -0.4 is 0 Å². The van der Waals surface area contributed by atoms with Crippen molar-refractivity contribution >= 4 is 53.3 Å². The molecule has 1 unspecified atom stereocenters. The molecular weight excluding hydrogens is 490 g/mol. The highest BCUT2D eigenvalue weighted by molar-refractivity contribution is 7.25. The summed E-state index contributed by atoms with van der Waals surface area (Å²) in [5, 5.41) is 5.51. The Kier molecular flexibility index (Phi) is 5.64. The summed E-state index contributed by atoms with van der Waals surface area (Å²) in [6.45, 7) is 9.30. The first-order valence-corrected chi connectivity index (χ1v) is 14.7. The van der Waals surface area contributed by atoms with Crippen LogP contribution in [0.25, 0.3) is 47.7 Å². The normalized spacial score (nSPS) is 13.1. The Hall–Kier alpha value is -3.88. The molecule has 1 atom stereocenters. The molecule has 39 heavy (non-hydrogen) atoms. The van der Waals surface area contributed by atoms with Crippen molar-refractivity contribution in [2.75, 3.05) is 0 Å². The molecule has 2 heteroatoms. The van der Waals surface area contributed by atoms with Crippen LogP contribution in [0, 0.1) is 0 Å². The van der Waals surface area contributed by atoms with E-state index < -0.39 is 0 Å². The van der Waals surface area contributed by atoms with Crippen molar-refractivity contribution < 1.29 is 0 Å². The van der Waals surface area contributed by atoms with Gasteiger partial charge in [-0.1, -0.05) is 100 Å². The van der Waals surface area contributed by atoms with E-state index >= 15 is 0 Å². The van der Waals surface area contributed by atoms with Crippen LogP contribution in [0.4, 0.5) is 0 Å². The molecule has 2 heterocycles. The second-order valence-electron chi connectivity index (χ2n) is 11.9. The largest absolute Gasteiger partial charge is 0.309 e. The molecule has 0 saturated heterocycles. The van der Waals surface area contributed by atoms with Gasteiger partial charge in [-0.25, -0.2) is 0 Å². The number of thiophene rings is 1. The van der Waals surface area contributed by atoms with Gasteiger partial charge in [0.05, 0.1) is 11.0 Å². The fraction of sp³-hybridized carbons (Fsp3) is 0.189. The molecule has 5 aromatic carbocycles. The Morgan fingerprint density at radius 3 is 2.10 bits per heavy atom. The lowest BCUT2D eigenvalue weighted by Gasteiger charge is -2.20. The maximum absolute atomic E-state index is 2.44. The van der Waals surface area contributed by atoms with Gasteiger partial charge in [0.2, 0.25) is 0 Å². The van der Waals surface area contributed by atoms with E-state index in [4.69, 9.17) is 0 Å². The molecule has 0 saturated carbocycles. The molecule has 192 valence electrons. The highest BCUT2D eigenvalue weighted by Gasteiger charge is 2.22. The first kappa shape index (κ1) is 24.2. The minimum atomic E-state index is 0.0745. The summed E-state index contributed by atoms with van der Waals surface area (Å²) in [6, 6.07) is 40.5. The van der Waals surface area contributed by atoms with Gasteiger partial charge in [-0.2, -0.15) is 0 Å². The molecular formula is C37H33NS. The third kappa shape index (κ3) is 3.97. The maximum Gasteiger partial charge on any atom is 0.0544 e. The van der Waals surface area contributed by atoms with E-state index in [9.17, 15) is 0 Å². The van der Waals surface area contributed by atoms with Crippen molar-refractivity contribution in [2.45, 2.75) is 45.4 Å². The zero-order valence-electron chi connectivity index (χ0n) is 23.0. The quantitative estimate of drug-likeness (QED) is 0.216. The van der Waals surface area contributed by atoms with E-state index in [2.05, 4.69) is 141 Å². The van der Waals surface area contributed by atoms with Crippen LogP contribution in [-0.4, -0.2) is 4.57 Å². The molecule has 1 nitrogen and oxygen atoms in total. The number of para-hydroxylation sites is 1. The molecule has 0 bridgehead atoms. The average molecular weight is 524 g/mol. The number of nitrogens with zero attached hydrogens (tertiary/aromatic N) is 1. The van der Waals surface area contributed by atoms with Crippen LogP contribution in [0.15, 0.2) is 109 Å². The molecule has 0 N–H and O–H groups in total. The standard InChI is InChI=1S/C37H33NS/c1-24(27-13-9-18-34-35(27)29-12-6-8-17-33(29)39-34)23-25-19-21-26(22-20-25)38-31-15-7-5-11-28(31)36-30(37(2,3)4)14-10-16-32(36)38/h5-22,24H,23H2,1-4H3. The van der Waals surface area contributed by atoms with Crippen LogP contribution >= 0.6 is 11.3 Å². The summed E-state index contributed by atoms with van der Waals surface area (Å²) in [5.74, 6) is 0.431. The predicted molar refractivity (Wildman–Crippen MR) is 171 cm³/mol. The molecule has 0 radical (unpaired) electrons. The lowest BCUT2D eigenvalue weighted by Crippen LogP contribution is -2.11. The van der Waals surface area contributed by atoms with E-state index in [-0.39, 0.29) is 5.41 Å². The van der Waals surface area contributed by atoms with Gasteiger partial charge < -0.3 is 4.57 Å². The van der Waals surface area contributed by atoms with Gasteiger partial charge in [0.15, 0.2) is 0 Å². The zero-order valence-corrected chi connectivity index (χ0v) is 23.8. The average Bonchev–Trinajstić information content (AvgIpc) is 3.49. The molecule has 0 aliphatic carbocycles. The first-order chi connectivity index (χ1) is 18.9. The van der Waals surface area contributed by atoms with Crippen LogP contribution in [0.5, 0.6) is 0 Å². The smallest absolute Gasteiger partial charge is 0.0544 e. The van der Waals surface area contributed by atoms with Gasteiger partial charge in [-0.3, -0.25) is 0 Å². The van der Waals surface area contributed by atoms with Crippen molar-refractivity contribution in [1.82, 2.24) is 4.57 Å². The van der Waals surface area contributed by atoms with E-state index in [1.165, 1.54) is 64.4 Å². The van der Waals surface area contributed by atoms with Gasteiger partial charge in [0.25, 0.3) is 0 Å². The third-order valence-electron chi connectivity index (χ3n) is 8.21. The van der Waals surface area contributed by atoms with Crippen LogP contribution in [-0.2, 0) is 11.8 Å². The maximum atomic E-state index is 2.44. The highest BCUT2D eigenvalue weighted by Crippen LogP contribution is 2.40. The number of hydrogen-bond donors (Lipinski definition) is 0. The number of benzene rings is 5. The van der Waals surface area contributed by atoms with E-state index in [1.54, 1.807) is 0 Å². The molecule has 0 amide bonds. The molecule has 0 spiro atoms. The summed E-state index contributed by atoms with van der Waals surface area (Å²) in [6.07, 6.45) is 1.02. The van der Waals surface area contributed by atoms with Crippen molar-refractivity contribution in [2.24, 2.45) is 0 Å². The van der Waals surface area contributed by atoms with Crippen LogP contribution in [0.3, 0.4) is 0 Å². The minimum absolute atomic E-state index is 0.0745. The lowest BCUT2D eigenvalue weighted by molar-refractivity contribution is 0.596. The van der Waals surface area contributed by atoms with Gasteiger partial charge >= 0.3 is 0 Å². The fourth-order valence-electron chi connectivity index (χ4n) is 6.38. The van der Waals surface area contributed by atoms with E-state index in [1.807, 2.05) is 11.3 Å². The van der Waals surface area contributed by atoms with Crippen molar-refractivity contribution in [3.63, 3.8) is 0 Å². The predicted octanol–water partition coefficient (Wildman–Crippen LogP) is 10.8. The molecule has 0 aliphatic rings. The first-order valence-electron chi connectivity index (χ1n) is 13.9. The van der Waals surface area contributed by atoms with Gasteiger partial charge in [0, 0.05) is 36.6 Å². The Labute approximate surface area is 234 Å². The number of fused-ring (bicyclic) bond motifs is 6. The van der Waals surface area contributed by atoms with E-state index in [0.717, 1.165) is 6.42 Å². The molecule has 2 aromatic heterocycles. The van der Waals surface area contributed by atoms with E-state index in [0.29, 0.717) is 5.92 Å². The number of aromatic nitrogens is 1. The Balaban J connectivity index is 1.28. The number of rotatable bonds is 4. The number of hydrogen-bond acceptors (Lipinski definition) is 1. The van der Waals surface area contributed by atoms with Crippen molar-refractivity contribution in [1.29, 1.82) is 0 Å². The van der Waals surface area contributed by atoms with Gasteiger partial charge in [0.1, 0.15) is 0 Å². The van der Waals surface area contributed by atoms with Crippen molar-refractivity contribution in [3.8, 4) is 5.69 Å². The summed E-state index contributed by atoms with van der Waals surface area (Å²) in [4.78, 5) is 0. The topological polar surface area (TPSA) is 4.93 Å². The minimum Gasteiger partial charge on any atom is -0.309 e. The molecule has 7 rings (SSSR count). The fourth-order valence-corrected chi connectivity index (χ4v) is 7.52. The Bertz CT molecular complexity index is 1980. The Morgan fingerprint density at radius 1 is 0.641 bits per heavy atom. The third-order valence-corrected chi connectivity index (χ3v) is 9.34. The highest BCUT2D eigenvalue weighted by atomic mass is 32.1. The van der Waals surface area contributed by atoms with Gasteiger partial charge in [-0.15, -0.1) is 11.3 Å². The molecule has 0 fully saturated rings. The van der Waals surface area contributed by atoms with Crippen LogP contribution in [0.1, 0.15) is 50.3 Å². The summed E-state index contributed by atoms with van der Waals surface area (Å²) >= 11 is 1.90. The molecule has 0 aliphatic heterocycles. The summed E-state index contributed by atoms with van der Waals surface area (Å²) < 4.78 is 5.19. The summed E-state index contributed by atoms with van der Waals surface area (Å²) in [5.41, 5.74) is 8.06. The monoisotopic (exact) mass is 523 g/mol. The lowest BCUT2D eigenvalue weighted by atomic mass is 9.84. The van der Waals surface area contributed by atoms with Gasteiger partial charge in [-0.05, 0) is 70.8 Å². The van der Waals surface area contributed by atoms with Crippen LogP contribution in [0.2, 0.25) is 0 Å². The van der Waals surface area contributed by atoms with Crippen molar-refractivity contribution in [3.05, 3.63) is 126 Å². The summed E-state index contributed by atoms with van der Waals surface area (Å²) in [7, 11) is 0. The second kappa shape index (κ2) is 9.10. The SMILES string of the molecule is CC(Cc1ccc(-n2c3ccccc3c3c(C(C)(C)C)cccc32)cc1)c1cccc2sc3ccccc3c12. The Morgan fingerprint density at radius 2 is 1.31 bits per heavy atom.